The van der Waals surface area contributed by atoms with Gasteiger partial charge in [0.25, 0.3) is 0 Å². The molecule has 0 saturated carbocycles. The van der Waals surface area contributed by atoms with Gasteiger partial charge in [-0.3, -0.25) is 0 Å². The number of hydrogen-bond donors (Lipinski definition) is 1. The van der Waals surface area contributed by atoms with Crippen LogP contribution in [-0.4, -0.2) is 34.0 Å². The highest BCUT2D eigenvalue weighted by atomic mass is 16.5. The number of nitrogens with zero attached hydrogens (tertiary/aromatic N) is 2. The van der Waals surface area contributed by atoms with Gasteiger partial charge >= 0.3 is 0 Å². The summed E-state index contributed by atoms with van der Waals surface area (Å²) in [4.78, 5) is 4.28. The summed E-state index contributed by atoms with van der Waals surface area (Å²) in [5.74, 6) is 0.0918. The van der Waals surface area contributed by atoms with Crippen molar-refractivity contribution in [3.05, 3.63) is 42.4 Å². The molecule has 1 N–H and O–H groups in total. The van der Waals surface area contributed by atoms with E-state index in [1.165, 1.54) is 11.1 Å². The Morgan fingerprint density at radius 2 is 2.20 bits per heavy atom. The van der Waals surface area contributed by atoms with Gasteiger partial charge in [0.2, 0.25) is 0 Å². The molecule has 0 amide bonds. The fourth-order valence-corrected chi connectivity index (χ4v) is 3.55. The highest BCUT2D eigenvalue weighted by molar-refractivity contribution is 5.69. The van der Waals surface area contributed by atoms with Crippen LogP contribution in [0.4, 0.5) is 0 Å². The average Bonchev–Trinajstić information content (AvgIpc) is 2.97. The van der Waals surface area contributed by atoms with Gasteiger partial charge in [-0.15, -0.1) is 0 Å². The van der Waals surface area contributed by atoms with E-state index in [-0.39, 0.29) is 18.1 Å². The van der Waals surface area contributed by atoms with Crippen molar-refractivity contribution in [2.75, 3.05) is 13.2 Å². The van der Waals surface area contributed by atoms with Crippen LogP contribution in [0.1, 0.15) is 24.4 Å². The molecule has 2 aliphatic rings. The molecule has 1 aromatic carbocycles. The van der Waals surface area contributed by atoms with Crippen LogP contribution in [0.5, 0.6) is 0 Å². The van der Waals surface area contributed by atoms with E-state index >= 15 is 0 Å². The molecule has 20 heavy (non-hydrogen) atoms. The Labute approximate surface area is 118 Å². The van der Waals surface area contributed by atoms with Gasteiger partial charge in [0.05, 0.1) is 37.0 Å². The average molecular weight is 270 g/mol. The Balaban J connectivity index is 1.81. The zero-order valence-electron chi connectivity index (χ0n) is 11.3. The van der Waals surface area contributed by atoms with E-state index in [2.05, 4.69) is 33.8 Å². The molecule has 4 rings (SSSR count). The highest BCUT2D eigenvalue weighted by Crippen LogP contribution is 2.44. The first kappa shape index (κ1) is 12.1. The minimum atomic E-state index is -0.316. The molecule has 3 heterocycles. The summed E-state index contributed by atoms with van der Waals surface area (Å²) in [6, 6.07) is 8.54. The summed E-state index contributed by atoms with van der Waals surface area (Å²) in [6.07, 6.45) is 5.21. The number of rotatable bonds is 1. The Kier molecular flexibility index (Phi) is 2.86. The van der Waals surface area contributed by atoms with E-state index in [0.29, 0.717) is 6.61 Å². The van der Waals surface area contributed by atoms with Gasteiger partial charge in [0, 0.05) is 18.1 Å². The van der Waals surface area contributed by atoms with Gasteiger partial charge in [0.1, 0.15) is 0 Å². The maximum absolute atomic E-state index is 10.5. The second-order valence-electron chi connectivity index (χ2n) is 5.67. The summed E-state index contributed by atoms with van der Waals surface area (Å²) in [7, 11) is 0. The number of imidazole rings is 1. The van der Waals surface area contributed by atoms with Crippen molar-refractivity contribution in [1.29, 1.82) is 0 Å². The maximum atomic E-state index is 10.5. The number of aliphatic hydroxyl groups excluding tert-OH is 1. The molecule has 0 bridgehead atoms. The lowest BCUT2D eigenvalue weighted by atomic mass is 9.87. The summed E-state index contributed by atoms with van der Waals surface area (Å²) in [5, 5.41) is 10.5. The van der Waals surface area contributed by atoms with Crippen molar-refractivity contribution >= 4 is 0 Å². The molecule has 0 unspecified atom stereocenters. The second kappa shape index (κ2) is 4.72. The van der Waals surface area contributed by atoms with Gasteiger partial charge in [-0.2, -0.15) is 0 Å². The van der Waals surface area contributed by atoms with Crippen LogP contribution in [0.3, 0.4) is 0 Å². The molecule has 2 aliphatic heterocycles. The standard InChI is InChI=1S/C16H18N2O2/c19-15-6-3-7-20-9-13(15)16-12-5-2-1-4-11(12)14-8-17-10-18(14)16/h1-2,4-5,8,10,13,15-16,19H,3,6-7,9H2/t13-,15-,16-/m0/s1. The summed E-state index contributed by atoms with van der Waals surface area (Å²) in [5.41, 5.74) is 3.65. The number of fused-ring (bicyclic) bond motifs is 3. The Morgan fingerprint density at radius 1 is 1.30 bits per heavy atom. The van der Waals surface area contributed by atoms with Crippen molar-refractivity contribution in [2.24, 2.45) is 5.92 Å². The van der Waals surface area contributed by atoms with Crippen molar-refractivity contribution in [2.45, 2.75) is 25.0 Å². The summed E-state index contributed by atoms with van der Waals surface area (Å²) < 4.78 is 7.89. The van der Waals surface area contributed by atoms with Gasteiger partial charge in [0.15, 0.2) is 0 Å². The first-order chi connectivity index (χ1) is 9.86. The first-order valence-corrected chi connectivity index (χ1v) is 7.23. The number of aromatic nitrogens is 2. The maximum Gasteiger partial charge on any atom is 0.0956 e. The minimum absolute atomic E-state index is 0.0918. The van der Waals surface area contributed by atoms with E-state index in [1.807, 2.05) is 12.5 Å². The third-order valence-corrected chi connectivity index (χ3v) is 4.52. The summed E-state index contributed by atoms with van der Waals surface area (Å²) >= 11 is 0. The fraction of sp³-hybridized carbons (Fsp3) is 0.438. The first-order valence-electron chi connectivity index (χ1n) is 7.23. The Hall–Kier alpha value is -1.65. The molecule has 3 atom stereocenters. The van der Waals surface area contributed by atoms with Crippen LogP contribution in [-0.2, 0) is 4.74 Å². The van der Waals surface area contributed by atoms with Crippen molar-refractivity contribution < 1.29 is 9.84 Å². The third-order valence-electron chi connectivity index (χ3n) is 4.52. The van der Waals surface area contributed by atoms with E-state index in [4.69, 9.17) is 4.74 Å². The third kappa shape index (κ3) is 1.72. The molecule has 4 heteroatoms. The minimum Gasteiger partial charge on any atom is -0.393 e. The molecule has 104 valence electrons. The van der Waals surface area contributed by atoms with Gasteiger partial charge < -0.3 is 14.4 Å². The largest absolute Gasteiger partial charge is 0.393 e. The number of aliphatic hydroxyl groups is 1. The predicted molar refractivity (Wildman–Crippen MR) is 75.4 cm³/mol. The van der Waals surface area contributed by atoms with Crippen molar-refractivity contribution in [3.8, 4) is 11.3 Å². The monoisotopic (exact) mass is 270 g/mol. The summed E-state index contributed by atoms with van der Waals surface area (Å²) in [6.45, 7) is 1.36. The van der Waals surface area contributed by atoms with Crippen LogP contribution in [0.25, 0.3) is 11.3 Å². The van der Waals surface area contributed by atoms with Gasteiger partial charge in [-0.05, 0) is 18.4 Å². The second-order valence-corrected chi connectivity index (χ2v) is 5.67. The van der Waals surface area contributed by atoms with Crippen LogP contribution >= 0.6 is 0 Å². The van der Waals surface area contributed by atoms with Crippen LogP contribution in [0.15, 0.2) is 36.8 Å². The molecule has 0 radical (unpaired) electrons. The Morgan fingerprint density at radius 3 is 3.15 bits per heavy atom. The normalized spacial score (nSPS) is 28.8. The van der Waals surface area contributed by atoms with Crippen LogP contribution in [0.2, 0.25) is 0 Å². The van der Waals surface area contributed by atoms with Gasteiger partial charge in [-0.1, -0.05) is 24.3 Å². The fourth-order valence-electron chi connectivity index (χ4n) is 3.55. The van der Waals surface area contributed by atoms with E-state index in [0.717, 1.165) is 25.1 Å². The van der Waals surface area contributed by atoms with Gasteiger partial charge in [-0.25, -0.2) is 4.98 Å². The van der Waals surface area contributed by atoms with Crippen molar-refractivity contribution in [1.82, 2.24) is 9.55 Å². The molecule has 0 spiro atoms. The topological polar surface area (TPSA) is 47.3 Å². The molecule has 4 nitrogen and oxygen atoms in total. The van der Waals surface area contributed by atoms with Crippen LogP contribution < -0.4 is 0 Å². The molecular weight excluding hydrogens is 252 g/mol. The molecule has 1 saturated heterocycles. The number of ether oxygens (including phenoxy) is 1. The SMILES string of the molecule is O[C@H]1CCCOC[C@@H]1[C@@H]1c2ccccc2-c2cncn21. The Bertz CT molecular complexity index is 622. The lowest BCUT2D eigenvalue weighted by Gasteiger charge is -2.28. The van der Waals surface area contributed by atoms with Crippen LogP contribution in [0, 0.1) is 5.92 Å². The lowest BCUT2D eigenvalue weighted by Crippen LogP contribution is -2.31. The number of hydrogen-bond acceptors (Lipinski definition) is 3. The lowest BCUT2D eigenvalue weighted by molar-refractivity contribution is 0.0395. The highest BCUT2D eigenvalue weighted by Gasteiger charge is 2.38. The molecule has 1 fully saturated rings. The molecule has 2 aromatic rings. The molecular formula is C16H18N2O2. The quantitative estimate of drug-likeness (QED) is 0.864. The smallest absolute Gasteiger partial charge is 0.0956 e. The predicted octanol–water partition coefficient (Wildman–Crippen LogP) is 2.24. The van der Waals surface area contributed by atoms with E-state index in [9.17, 15) is 5.11 Å². The van der Waals surface area contributed by atoms with E-state index in [1.54, 1.807) is 0 Å². The number of benzene rings is 1. The van der Waals surface area contributed by atoms with E-state index < -0.39 is 0 Å². The molecule has 0 aliphatic carbocycles. The molecule has 1 aromatic heterocycles. The zero-order chi connectivity index (χ0) is 13.5. The van der Waals surface area contributed by atoms with Crippen molar-refractivity contribution in [3.63, 3.8) is 0 Å². The zero-order valence-corrected chi connectivity index (χ0v) is 11.3.